The van der Waals surface area contributed by atoms with Crippen molar-refractivity contribution in [1.82, 2.24) is 19.9 Å². The third kappa shape index (κ3) is 3.23. The Bertz CT molecular complexity index is 984. The van der Waals surface area contributed by atoms with Crippen molar-refractivity contribution in [2.24, 2.45) is 5.92 Å². The van der Waals surface area contributed by atoms with E-state index in [0.717, 1.165) is 6.20 Å². The molecule has 0 radical (unpaired) electrons. The van der Waals surface area contributed by atoms with Crippen molar-refractivity contribution in [3.8, 4) is 11.4 Å². The van der Waals surface area contributed by atoms with E-state index in [2.05, 4.69) is 25.3 Å². The maximum absolute atomic E-state index is 14.2. The molecule has 0 saturated heterocycles. The van der Waals surface area contributed by atoms with Gasteiger partial charge in [-0.3, -0.25) is 0 Å². The SMILES string of the molecule is OCC1CC(Nc2nc(-c3c[nH]c4ncc(Cl)cc34)ncc2F)[C@H](O)[C@@H]1O. The number of H-pyrrole nitrogens is 1. The zero-order valence-corrected chi connectivity index (χ0v) is 14.7. The highest BCUT2D eigenvalue weighted by molar-refractivity contribution is 6.31. The predicted octanol–water partition coefficient (Wildman–Crippen LogP) is 1.33. The molecule has 8 nitrogen and oxygen atoms in total. The monoisotopic (exact) mass is 393 g/mol. The average Bonchev–Trinajstić information content (AvgIpc) is 3.19. The first kappa shape index (κ1) is 18.1. The van der Waals surface area contributed by atoms with Crippen LogP contribution in [0.15, 0.2) is 24.7 Å². The zero-order valence-electron chi connectivity index (χ0n) is 14.0. The summed E-state index contributed by atoms with van der Waals surface area (Å²) in [5, 5.41) is 33.3. The van der Waals surface area contributed by atoms with Crippen LogP contribution in [0.4, 0.5) is 10.2 Å². The van der Waals surface area contributed by atoms with Gasteiger partial charge in [0.15, 0.2) is 17.5 Å². The number of aliphatic hydroxyl groups is 3. The summed E-state index contributed by atoms with van der Waals surface area (Å²) >= 11 is 6.00. The normalized spacial score (nSPS) is 25.2. The van der Waals surface area contributed by atoms with E-state index in [9.17, 15) is 19.7 Å². The van der Waals surface area contributed by atoms with Crippen LogP contribution in [0.1, 0.15) is 6.42 Å². The van der Waals surface area contributed by atoms with Crippen LogP contribution in [-0.4, -0.2) is 60.1 Å². The average molecular weight is 394 g/mol. The number of aromatic amines is 1. The first-order chi connectivity index (χ1) is 13.0. The number of hydrogen-bond acceptors (Lipinski definition) is 7. The lowest BCUT2D eigenvalue weighted by Gasteiger charge is -2.19. The quantitative estimate of drug-likeness (QED) is 0.452. The van der Waals surface area contributed by atoms with Crippen molar-refractivity contribution in [3.05, 3.63) is 35.5 Å². The molecule has 3 heterocycles. The lowest BCUT2D eigenvalue weighted by Crippen LogP contribution is -2.35. The molecule has 3 aromatic rings. The molecular formula is C17H17ClFN5O3. The molecule has 4 atom stereocenters. The van der Waals surface area contributed by atoms with Gasteiger partial charge >= 0.3 is 0 Å². The van der Waals surface area contributed by atoms with E-state index in [0.29, 0.717) is 21.6 Å². The molecule has 1 aliphatic carbocycles. The lowest BCUT2D eigenvalue weighted by atomic mass is 10.1. The number of nitrogens with zero attached hydrogens (tertiary/aromatic N) is 3. The number of rotatable bonds is 4. The molecular weight excluding hydrogens is 377 g/mol. The van der Waals surface area contributed by atoms with Gasteiger partial charge in [-0.1, -0.05) is 11.6 Å². The van der Waals surface area contributed by atoms with E-state index >= 15 is 0 Å². The van der Waals surface area contributed by atoms with Gasteiger partial charge in [0.25, 0.3) is 0 Å². The second-order valence-corrected chi connectivity index (χ2v) is 6.99. The molecule has 10 heteroatoms. The molecule has 1 aliphatic rings. The van der Waals surface area contributed by atoms with E-state index in [4.69, 9.17) is 11.6 Å². The minimum absolute atomic E-state index is 0.0980. The Hall–Kier alpha value is -2.33. The number of halogens is 2. The molecule has 27 heavy (non-hydrogen) atoms. The van der Waals surface area contributed by atoms with Gasteiger partial charge in [-0.15, -0.1) is 0 Å². The van der Waals surface area contributed by atoms with Gasteiger partial charge in [-0.2, -0.15) is 0 Å². The van der Waals surface area contributed by atoms with Gasteiger partial charge in [0.1, 0.15) is 11.8 Å². The van der Waals surface area contributed by atoms with Crippen molar-refractivity contribution in [2.75, 3.05) is 11.9 Å². The maximum atomic E-state index is 14.2. The van der Waals surface area contributed by atoms with E-state index in [1.807, 2.05) is 0 Å². The number of anilines is 1. The molecule has 0 bridgehead atoms. The first-order valence-corrected chi connectivity index (χ1v) is 8.74. The van der Waals surface area contributed by atoms with Crippen LogP contribution in [0.2, 0.25) is 5.02 Å². The van der Waals surface area contributed by atoms with E-state index < -0.39 is 30.0 Å². The second-order valence-electron chi connectivity index (χ2n) is 6.55. The Morgan fingerprint density at radius 2 is 2.07 bits per heavy atom. The smallest absolute Gasteiger partial charge is 0.183 e. The highest BCUT2D eigenvalue weighted by Gasteiger charge is 2.41. The van der Waals surface area contributed by atoms with Gasteiger partial charge in [-0.05, 0) is 12.5 Å². The van der Waals surface area contributed by atoms with Gasteiger partial charge in [0, 0.05) is 35.9 Å². The van der Waals surface area contributed by atoms with Crippen molar-refractivity contribution < 1.29 is 19.7 Å². The van der Waals surface area contributed by atoms with Crippen LogP contribution in [0, 0.1) is 11.7 Å². The van der Waals surface area contributed by atoms with Crippen molar-refractivity contribution in [1.29, 1.82) is 0 Å². The maximum Gasteiger partial charge on any atom is 0.183 e. The Morgan fingerprint density at radius 3 is 2.81 bits per heavy atom. The highest BCUT2D eigenvalue weighted by Crippen LogP contribution is 2.31. The lowest BCUT2D eigenvalue weighted by molar-refractivity contribution is 0.00443. The molecule has 142 valence electrons. The summed E-state index contributed by atoms with van der Waals surface area (Å²) in [4.78, 5) is 15.4. The van der Waals surface area contributed by atoms with Crippen LogP contribution < -0.4 is 5.32 Å². The molecule has 0 spiro atoms. The number of aliphatic hydroxyl groups excluding tert-OH is 3. The molecule has 1 saturated carbocycles. The van der Waals surface area contributed by atoms with Crippen LogP contribution in [0.25, 0.3) is 22.4 Å². The predicted molar refractivity (Wildman–Crippen MR) is 96.7 cm³/mol. The summed E-state index contributed by atoms with van der Waals surface area (Å²) in [6, 6.07) is 1.06. The molecule has 1 fully saturated rings. The minimum atomic E-state index is -1.14. The van der Waals surface area contributed by atoms with Crippen LogP contribution >= 0.6 is 11.6 Å². The first-order valence-electron chi connectivity index (χ1n) is 8.37. The van der Waals surface area contributed by atoms with Gasteiger partial charge in [-0.25, -0.2) is 19.3 Å². The number of hydrogen-bond donors (Lipinski definition) is 5. The Balaban J connectivity index is 1.67. The summed E-state index contributed by atoms with van der Waals surface area (Å²) in [5.74, 6) is -1.02. The van der Waals surface area contributed by atoms with E-state index in [1.54, 1.807) is 12.3 Å². The third-order valence-corrected chi connectivity index (χ3v) is 5.05. The van der Waals surface area contributed by atoms with Crippen molar-refractivity contribution >= 4 is 28.5 Å². The topological polar surface area (TPSA) is 127 Å². The fourth-order valence-electron chi connectivity index (χ4n) is 3.39. The summed E-state index contributed by atoms with van der Waals surface area (Å²) < 4.78 is 14.2. The minimum Gasteiger partial charge on any atom is -0.396 e. The molecule has 3 aromatic heterocycles. The zero-order chi connectivity index (χ0) is 19.1. The molecule has 0 aliphatic heterocycles. The van der Waals surface area contributed by atoms with E-state index in [-0.39, 0.29) is 24.7 Å². The van der Waals surface area contributed by atoms with Crippen LogP contribution in [0.3, 0.4) is 0 Å². The van der Waals surface area contributed by atoms with Crippen molar-refractivity contribution in [2.45, 2.75) is 24.7 Å². The number of nitrogens with one attached hydrogen (secondary N) is 2. The Morgan fingerprint density at radius 1 is 1.26 bits per heavy atom. The Labute approximate surface area is 158 Å². The molecule has 4 rings (SSSR count). The summed E-state index contributed by atoms with van der Waals surface area (Å²) in [7, 11) is 0. The number of fused-ring (bicyclic) bond motifs is 1. The second kappa shape index (κ2) is 7.01. The molecule has 0 amide bonds. The fourth-order valence-corrected chi connectivity index (χ4v) is 3.54. The highest BCUT2D eigenvalue weighted by atomic mass is 35.5. The van der Waals surface area contributed by atoms with Crippen LogP contribution in [0.5, 0.6) is 0 Å². The van der Waals surface area contributed by atoms with Gasteiger partial charge < -0.3 is 25.6 Å². The number of pyridine rings is 1. The molecule has 2 unspecified atom stereocenters. The van der Waals surface area contributed by atoms with Crippen LogP contribution in [-0.2, 0) is 0 Å². The summed E-state index contributed by atoms with van der Waals surface area (Å²) in [6.45, 7) is -0.267. The standard InChI is InChI=1S/C17H17ClFN5O3/c18-8-2-9-10(4-21-15(9)20-3-8)16-22-5-11(19)17(24-16)23-12-1-7(6-25)13(26)14(12)27/h2-5,7,12-14,25-27H,1,6H2,(H,20,21)(H,22,23,24)/t7?,12?,13-,14+/m1/s1. The summed E-state index contributed by atoms with van der Waals surface area (Å²) in [5.41, 5.74) is 1.19. The largest absolute Gasteiger partial charge is 0.396 e. The van der Waals surface area contributed by atoms with E-state index in [1.165, 1.54) is 6.20 Å². The summed E-state index contributed by atoms with van der Waals surface area (Å²) in [6.07, 6.45) is 2.25. The molecule has 0 aromatic carbocycles. The number of aromatic nitrogens is 4. The van der Waals surface area contributed by atoms with Crippen molar-refractivity contribution in [3.63, 3.8) is 0 Å². The fraction of sp³-hybridized carbons (Fsp3) is 0.353. The van der Waals surface area contributed by atoms with Gasteiger partial charge in [0.2, 0.25) is 0 Å². The Kier molecular flexibility index (Phi) is 4.68. The molecule has 5 N–H and O–H groups in total. The van der Waals surface area contributed by atoms with Gasteiger partial charge in [0.05, 0.1) is 23.4 Å². The third-order valence-electron chi connectivity index (χ3n) is 4.84.